The van der Waals surface area contributed by atoms with Crippen LogP contribution in [0.15, 0.2) is 42.6 Å². The molecule has 0 radical (unpaired) electrons. The first-order chi connectivity index (χ1) is 8.47. The van der Waals surface area contributed by atoms with Gasteiger partial charge in [0.2, 0.25) is 0 Å². The van der Waals surface area contributed by atoms with Gasteiger partial charge in [0.15, 0.2) is 0 Å². The van der Waals surface area contributed by atoms with Crippen molar-refractivity contribution in [3.8, 4) is 0 Å². The molecule has 0 aliphatic carbocycles. The molecule has 1 aromatic heterocycles. The van der Waals surface area contributed by atoms with Gasteiger partial charge in [0.05, 0.1) is 11.3 Å². The molecule has 0 aliphatic rings. The Morgan fingerprint density at radius 2 is 1.83 bits per heavy atom. The van der Waals surface area contributed by atoms with Crippen molar-refractivity contribution in [3.05, 3.63) is 48.2 Å². The van der Waals surface area contributed by atoms with Crippen molar-refractivity contribution in [2.45, 2.75) is 6.18 Å². The zero-order chi connectivity index (χ0) is 13.2. The predicted octanol–water partition coefficient (Wildman–Crippen LogP) is 3.43. The van der Waals surface area contributed by atoms with E-state index in [2.05, 4.69) is 10.3 Å². The largest absolute Gasteiger partial charge is 0.418 e. The van der Waals surface area contributed by atoms with Gasteiger partial charge in [-0.05, 0) is 18.2 Å². The van der Waals surface area contributed by atoms with E-state index in [0.717, 1.165) is 6.07 Å². The molecule has 0 atom stereocenters. The summed E-state index contributed by atoms with van der Waals surface area (Å²) in [4.78, 5) is 3.90. The molecule has 1 heterocycles. The van der Waals surface area contributed by atoms with Crippen LogP contribution in [0.5, 0.6) is 0 Å². The topological polar surface area (TPSA) is 50.9 Å². The molecule has 18 heavy (non-hydrogen) atoms. The third-order valence-corrected chi connectivity index (χ3v) is 2.28. The maximum Gasteiger partial charge on any atom is 0.418 e. The van der Waals surface area contributed by atoms with E-state index in [0.29, 0.717) is 5.69 Å². The molecular formula is C12H10F3N3. The Morgan fingerprint density at radius 1 is 1.11 bits per heavy atom. The fraction of sp³-hybridized carbons (Fsp3) is 0.0833. The fourth-order valence-electron chi connectivity index (χ4n) is 1.49. The van der Waals surface area contributed by atoms with Crippen molar-refractivity contribution in [1.29, 1.82) is 0 Å². The minimum Gasteiger partial charge on any atom is -0.399 e. The molecule has 0 fully saturated rings. The zero-order valence-corrected chi connectivity index (χ0v) is 9.20. The number of aromatic nitrogens is 1. The predicted molar refractivity (Wildman–Crippen MR) is 63.4 cm³/mol. The number of hydrogen-bond donors (Lipinski definition) is 2. The van der Waals surface area contributed by atoms with Crippen molar-refractivity contribution < 1.29 is 13.2 Å². The first-order valence-corrected chi connectivity index (χ1v) is 5.11. The van der Waals surface area contributed by atoms with Crippen molar-refractivity contribution in [1.82, 2.24) is 4.98 Å². The summed E-state index contributed by atoms with van der Waals surface area (Å²) in [6.45, 7) is 0. The van der Waals surface area contributed by atoms with Gasteiger partial charge in [-0.2, -0.15) is 13.2 Å². The summed E-state index contributed by atoms with van der Waals surface area (Å²) in [5, 5.41) is 2.61. The second-order valence-corrected chi connectivity index (χ2v) is 3.64. The summed E-state index contributed by atoms with van der Waals surface area (Å²) in [5.74, 6) is 0.270. The number of nitrogen functional groups attached to an aromatic ring is 1. The quantitative estimate of drug-likeness (QED) is 0.862. The van der Waals surface area contributed by atoms with Crippen LogP contribution in [0.3, 0.4) is 0 Å². The second-order valence-electron chi connectivity index (χ2n) is 3.64. The number of nitrogens with zero attached hydrogens (tertiary/aromatic N) is 1. The van der Waals surface area contributed by atoms with Crippen molar-refractivity contribution in [3.63, 3.8) is 0 Å². The Morgan fingerprint density at radius 3 is 2.50 bits per heavy atom. The van der Waals surface area contributed by atoms with E-state index in [4.69, 9.17) is 5.73 Å². The zero-order valence-electron chi connectivity index (χ0n) is 9.20. The molecule has 6 heteroatoms. The Kier molecular flexibility index (Phi) is 3.10. The highest BCUT2D eigenvalue weighted by Gasteiger charge is 2.33. The van der Waals surface area contributed by atoms with Gasteiger partial charge in [-0.3, -0.25) is 0 Å². The first kappa shape index (κ1) is 12.2. The lowest BCUT2D eigenvalue weighted by Crippen LogP contribution is -2.09. The standard InChI is InChI=1S/C12H10F3N3/c13-12(14,15)9-3-1-2-4-10(9)18-11-7-8(16)5-6-17-11/h1-7H,(H3,16,17,18). The summed E-state index contributed by atoms with van der Waals surface area (Å²) >= 11 is 0. The second kappa shape index (κ2) is 4.56. The molecule has 0 aliphatic heterocycles. The smallest absolute Gasteiger partial charge is 0.399 e. The Hall–Kier alpha value is -2.24. The average Bonchev–Trinajstić information content (AvgIpc) is 2.28. The molecule has 3 N–H and O–H groups in total. The van der Waals surface area contributed by atoms with E-state index >= 15 is 0 Å². The number of pyridine rings is 1. The Bertz CT molecular complexity index is 552. The van der Waals surface area contributed by atoms with Gasteiger partial charge in [0, 0.05) is 18.0 Å². The number of anilines is 3. The van der Waals surface area contributed by atoms with E-state index in [1.54, 1.807) is 6.07 Å². The molecule has 0 amide bonds. The van der Waals surface area contributed by atoms with E-state index in [1.807, 2.05) is 0 Å². The summed E-state index contributed by atoms with van der Waals surface area (Å²) in [7, 11) is 0. The first-order valence-electron chi connectivity index (χ1n) is 5.11. The van der Waals surface area contributed by atoms with Crippen molar-refractivity contribution >= 4 is 17.2 Å². The molecule has 2 rings (SSSR count). The van der Waals surface area contributed by atoms with E-state index in [9.17, 15) is 13.2 Å². The van der Waals surface area contributed by atoms with Crippen LogP contribution in [-0.4, -0.2) is 4.98 Å². The van der Waals surface area contributed by atoms with Crippen LogP contribution in [0, 0.1) is 0 Å². The lowest BCUT2D eigenvalue weighted by molar-refractivity contribution is -0.136. The highest BCUT2D eigenvalue weighted by atomic mass is 19.4. The van der Waals surface area contributed by atoms with E-state index < -0.39 is 11.7 Å². The summed E-state index contributed by atoms with van der Waals surface area (Å²) in [5.41, 5.74) is 5.17. The van der Waals surface area contributed by atoms with Crippen LogP contribution >= 0.6 is 0 Å². The van der Waals surface area contributed by atoms with Crippen LogP contribution in [0.25, 0.3) is 0 Å². The molecule has 0 saturated carbocycles. The number of nitrogens with two attached hydrogens (primary N) is 1. The molecule has 3 nitrogen and oxygen atoms in total. The third kappa shape index (κ3) is 2.71. The number of para-hydroxylation sites is 1. The number of rotatable bonds is 2. The van der Waals surface area contributed by atoms with Crippen molar-refractivity contribution in [2.75, 3.05) is 11.1 Å². The molecule has 2 aromatic rings. The number of halogens is 3. The van der Waals surface area contributed by atoms with Gasteiger partial charge in [-0.25, -0.2) is 4.98 Å². The van der Waals surface area contributed by atoms with E-state index in [1.165, 1.54) is 30.5 Å². The van der Waals surface area contributed by atoms with Gasteiger partial charge in [-0.15, -0.1) is 0 Å². The average molecular weight is 253 g/mol. The molecule has 0 bridgehead atoms. The molecule has 0 spiro atoms. The summed E-state index contributed by atoms with van der Waals surface area (Å²) in [6, 6.07) is 8.22. The van der Waals surface area contributed by atoms with Crippen LogP contribution in [0.1, 0.15) is 5.56 Å². The molecular weight excluding hydrogens is 243 g/mol. The van der Waals surface area contributed by atoms with Gasteiger partial charge < -0.3 is 11.1 Å². The molecule has 0 saturated heterocycles. The highest BCUT2D eigenvalue weighted by Crippen LogP contribution is 2.35. The van der Waals surface area contributed by atoms with Crippen LogP contribution in [0.4, 0.5) is 30.4 Å². The van der Waals surface area contributed by atoms with Crippen LogP contribution in [0.2, 0.25) is 0 Å². The van der Waals surface area contributed by atoms with Crippen LogP contribution < -0.4 is 11.1 Å². The summed E-state index contributed by atoms with van der Waals surface area (Å²) in [6.07, 6.45) is -2.99. The minimum atomic E-state index is -4.41. The Balaban J connectivity index is 2.35. The van der Waals surface area contributed by atoms with Gasteiger partial charge in [-0.1, -0.05) is 12.1 Å². The summed E-state index contributed by atoms with van der Waals surface area (Å²) < 4.78 is 38.2. The molecule has 1 aromatic carbocycles. The maximum absolute atomic E-state index is 12.7. The normalized spacial score (nSPS) is 11.3. The maximum atomic E-state index is 12.7. The van der Waals surface area contributed by atoms with Gasteiger partial charge >= 0.3 is 6.18 Å². The van der Waals surface area contributed by atoms with Gasteiger partial charge in [0.25, 0.3) is 0 Å². The minimum absolute atomic E-state index is 0.0527. The lowest BCUT2D eigenvalue weighted by atomic mass is 10.1. The SMILES string of the molecule is Nc1ccnc(Nc2ccccc2C(F)(F)F)c1. The van der Waals surface area contributed by atoms with Crippen LogP contribution in [-0.2, 0) is 6.18 Å². The van der Waals surface area contributed by atoms with Crippen molar-refractivity contribution in [2.24, 2.45) is 0 Å². The number of hydrogen-bond acceptors (Lipinski definition) is 3. The van der Waals surface area contributed by atoms with E-state index in [-0.39, 0.29) is 11.5 Å². The molecule has 0 unspecified atom stereocenters. The molecule has 94 valence electrons. The third-order valence-electron chi connectivity index (χ3n) is 2.28. The fourth-order valence-corrected chi connectivity index (χ4v) is 1.49. The monoisotopic (exact) mass is 253 g/mol. The number of benzene rings is 1. The van der Waals surface area contributed by atoms with Gasteiger partial charge in [0.1, 0.15) is 5.82 Å². The number of nitrogens with one attached hydrogen (secondary N) is 1. The number of alkyl halides is 3. The highest BCUT2D eigenvalue weighted by molar-refractivity contribution is 5.63. The lowest BCUT2D eigenvalue weighted by Gasteiger charge is -2.13. The Labute approximate surface area is 101 Å².